The van der Waals surface area contributed by atoms with E-state index in [1.165, 1.54) is 0 Å². The maximum atomic E-state index is 11.6. The van der Waals surface area contributed by atoms with E-state index < -0.39 is 0 Å². The van der Waals surface area contributed by atoms with Crippen LogP contribution in [-0.2, 0) is 4.79 Å². The number of amides is 1. The Morgan fingerprint density at radius 1 is 1.12 bits per heavy atom. The second-order valence-electron chi connectivity index (χ2n) is 8.50. The molecule has 0 spiro atoms. The lowest BCUT2D eigenvalue weighted by atomic mass is 10.0. The van der Waals surface area contributed by atoms with Crippen LogP contribution in [0.5, 0.6) is 0 Å². The molecule has 1 amide bonds. The molecule has 0 saturated carbocycles. The second kappa shape index (κ2) is 7.51. The molecule has 166 valence electrons. The van der Waals surface area contributed by atoms with Crippen LogP contribution < -0.4 is 5.73 Å². The van der Waals surface area contributed by atoms with Gasteiger partial charge in [0, 0.05) is 54.3 Å². The fraction of sp³-hybridized carbons (Fsp3) is 0.240. The summed E-state index contributed by atoms with van der Waals surface area (Å²) in [5, 5.41) is 6.49. The summed E-state index contributed by atoms with van der Waals surface area (Å²) in [6.07, 6.45) is 9.14. The van der Waals surface area contributed by atoms with Crippen LogP contribution in [0.3, 0.4) is 0 Å². The molecule has 1 aromatic carbocycles. The van der Waals surface area contributed by atoms with Gasteiger partial charge in [-0.25, -0.2) is 4.98 Å². The quantitative estimate of drug-likeness (QED) is 0.428. The molecule has 0 unspecified atom stereocenters. The molecule has 0 radical (unpaired) electrons. The van der Waals surface area contributed by atoms with Gasteiger partial charge >= 0.3 is 0 Å². The number of carbonyl (C=O) groups excluding carboxylic acids is 1. The number of furan rings is 2. The number of para-hydroxylation sites is 1. The monoisotopic (exact) mass is 441 g/mol. The Bertz CT molecular complexity index is 1490. The highest BCUT2D eigenvalue weighted by Crippen LogP contribution is 2.39. The first-order valence-corrected chi connectivity index (χ1v) is 11.0. The zero-order valence-corrected chi connectivity index (χ0v) is 18.2. The van der Waals surface area contributed by atoms with Crippen molar-refractivity contribution in [3.63, 3.8) is 0 Å². The normalized spacial score (nSPS) is 15.0. The summed E-state index contributed by atoms with van der Waals surface area (Å²) in [7, 11) is 0. The molecule has 1 fully saturated rings. The number of likely N-dealkylation sites (tertiary alicyclic amines) is 1. The lowest BCUT2D eigenvalue weighted by Crippen LogP contribution is -2.37. The Hall–Kier alpha value is -4.07. The van der Waals surface area contributed by atoms with Crippen molar-refractivity contribution in [1.29, 1.82) is 0 Å². The highest BCUT2D eigenvalue weighted by Gasteiger charge is 2.23. The molecular weight excluding hydrogens is 418 g/mol. The van der Waals surface area contributed by atoms with Crippen molar-refractivity contribution in [2.24, 2.45) is 0 Å². The SMILES string of the molecule is CC(=O)N1CCC(n2cc(-c3cnc(N)c4oc(-c5coc6ccccc56)cc34)cn2)CC1. The third-order valence-electron chi connectivity index (χ3n) is 6.53. The van der Waals surface area contributed by atoms with Gasteiger partial charge in [0.25, 0.3) is 0 Å². The van der Waals surface area contributed by atoms with Crippen molar-refractivity contribution in [3.05, 3.63) is 55.2 Å². The van der Waals surface area contributed by atoms with Gasteiger partial charge in [-0.3, -0.25) is 9.48 Å². The van der Waals surface area contributed by atoms with Crippen molar-refractivity contribution in [2.45, 2.75) is 25.8 Å². The number of nitrogens with two attached hydrogens (primary N) is 1. The van der Waals surface area contributed by atoms with Crippen LogP contribution in [0, 0.1) is 0 Å². The topological polar surface area (TPSA) is 103 Å². The lowest BCUT2D eigenvalue weighted by molar-refractivity contribution is -0.130. The van der Waals surface area contributed by atoms with Crippen LogP contribution in [0.25, 0.3) is 44.4 Å². The van der Waals surface area contributed by atoms with Crippen LogP contribution in [0.4, 0.5) is 5.82 Å². The summed E-state index contributed by atoms with van der Waals surface area (Å²) < 4.78 is 13.9. The number of nitrogens with zero attached hydrogens (tertiary/aromatic N) is 4. The maximum absolute atomic E-state index is 11.6. The lowest BCUT2D eigenvalue weighted by Gasteiger charge is -2.31. The molecule has 8 nitrogen and oxygen atoms in total. The van der Waals surface area contributed by atoms with Crippen molar-refractivity contribution < 1.29 is 13.6 Å². The number of hydrogen-bond acceptors (Lipinski definition) is 6. The molecule has 1 aliphatic heterocycles. The number of rotatable bonds is 3. The summed E-state index contributed by atoms with van der Waals surface area (Å²) in [4.78, 5) is 17.9. The number of nitrogen functional groups attached to an aromatic ring is 1. The number of anilines is 1. The first-order chi connectivity index (χ1) is 16.1. The van der Waals surface area contributed by atoms with Gasteiger partial charge in [0.15, 0.2) is 11.4 Å². The third-order valence-corrected chi connectivity index (χ3v) is 6.53. The summed E-state index contributed by atoms with van der Waals surface area (Å²) in [5.74, 6) is 1.16. The van der Waals surface area contributed by atoms with Crippen LogP contribution in [-0.4, -0.2) is 38.7 Å². The Labute approximate surface area is 189 Å². The van der Waals surface area contributed by atoms with Crippen LogP contribution in [0.1, 0.15) is 25.8 Å². The van der Waals surface area contributed by atoms with Gasteiger partial charge in [0.1, 0.15) is 17.6 Å². The van der Waals surface area contributed by atoms with E-state index in [2.05, 4.69) is 10.1 Å². The highest BCUT2D eigenvalue weighted by atomic mass is 16.3. The van der Waals surface area contributed by atoms with Gasteiger partial charge in [-0.2, -0.15) is 5.10 Å². The van der Waals surface area contributed by atoms with Gasteiger partial charge in [0.05, 0.1) is 17.8 Å². The number of piperidine rings is 1. The summed E-state index contributed by atoms with van der Waals surface area (Å²) in [6, 6.07) is 10.1. The van der Waals surface area contributed by atoms with E-state index in [-0.39, 0.29) is 11.9 Å². The van der Waals surface area contributed by atoms with Gasteiger partial charge in [0.2, 0.25) is 5.91 Å². The molecule has 33 heavy (non-hydrogen) atoms. The molecule has 4 aromatic heterocycles. The van der Waals surface area contributed by atoms with Gasteiger partial charge in [-0.05, 0) is 25.0 Å². The molecule has 0 aliphatic carbocycles. The standard InChI is InChI=1S/C25H23N5O3/c1-15(31)29-8-6-17(7-9-29)30-13-16(11-28-30)20-12-27-25(26)24-19(20)10-23(33-24)21-14-32-22-5-3-2-4-18(21)22/h2-5,10-14,17H,6-9H2,1H3,(H2,26,27). The van der Waals surface area contributed by atoms with E-state index >= 15 is 0 Å². The van der Waals surface area contributed by atoms with E-state index in [0.29, 0.717) is 17.2 Å². The van der Waals surface area contributed by atoms with Gasteiger partial charge in [-0.1, -0.05) is 18.2 Å². The Morgan fingerprint density at radius 3 is 2.76 bits per heavy atom. The van der Waals surface area contributed by atoms with E-state index in [4.69, 9.17) is 14.6 Å². The van der Waals surface area contributed by atoms with Crippen LogP contribution >= 0.6 is 0 Å². The predicted octanol–water partition coefficient (Wildman–Crippen LogP) is 4.87. The molecule has 0 bridgehead atoms. The minimum Gasteiger partial charge on any atom is -0.464 e. The van der Waals surface area contributed by atoms with E-state index in [1.54, 1.807) is 19.4 Å². The number of hydrogen-bond donors (Lipinski definition) is 1. The van der Waals surface area contributed by atoms with Crippen molar-refractivity contribution in [3.8, 4) is 22.5 Å². The minimum atomic E-state index is 0.131. The van der Waals surface area contributed by atoms with E-state index in [1.807, 2.05) is 52.3 Å². The third kappa shape index (κ3) is 3.26. The number of carbonyl (C=O) groups is 1. The summed E-state index contributed by atoms with van der Waals surface area (Å²) in [5.41, 5.74) is 10.3. The molecule has 6 rings (SSSR count). The average Bonchev–Trinajstić information content (AvgIpc) is 3.57. The first kappa shape index (κ1) is 19.6. The molecule has 1 aliphatic rings. The molecule has 0 atom stereocenters. The van der Waals surface area contributed by atoms with Crippen molar-refractivity contribution >= 4 is 33.7 Å². The number of fused-ring (bicyclic) bond motifs is 2. The number of pyridine rings is 1. The molecule has 1 saturated heterocycles. The van der Waals surface area contributed by atoms with Gasteiger partial charge in [-0.15, -0.1) is 0 Å². The Kier molecular flexibility index (Phi) is 4.46. The fourth-order valence-electron chi connectivity index (χ4n) is 4.70. The zero-order valence-electron chi connectivity index (χ0n) is 18.2. The molecular formula is C25H23N5O3. The average molecular weight is 441 g/mol. The molecule has 5 heterocycles. The summed E-state index contributed by atoms with van der Waals surface area (Å²) >= 11 is 0. The second-order valence-corrected chi connectivity index (χ2v) is 8.50. The first-order valence-electron chi connectivity index (χ1n) is 11.0. The zero-order chi connectivity index (χ0) is 22.5. The number of aromatic nitrogens is 3. The molecule has 8 heteroatoms. The van der Waals surface area contributed by atoms with E-state index in [0.717, 1.165) is 59.0 Å². The van der Waals surface area contributed by atoms with E-state index in [9.17, 15) is 4.79 Å². The fourth-order valence-corrected chi connectivity index (χ4v) is 4.70. The predicted molar refractivity (Wildman–Crippen MR) is 125 cm³/mol. The Balaban J connectivity index is 1.37. The highest BCUT2D eigenvalue weighted by molar-refractivity contribution is 6.02. The van der Waals surface area contributed by atoms with Gasteiger partial charge < -0.3 is 19.5 Å². The van der Waals surface area contributed by atoms with Crippen LogP contribution in [0.2, 0.25) is 0 Å². The largest absolute Gasteiger partial charge is 0.464 e. The van der Waals surface area contributed by atoms with Crippen molar-refractivity contribution in [2.75, 3.05) is 18.8 Å². The molecule has 5 aromatic rings. The summed E-state index contributed by atoms with van der Waals surface area (Å²) in [6.45, 7) is 3.14. The minimum absolute atomic E-state index is 0.131. The molecule has 2 N–H and O–H groups in total. The van der Waals surface area contributed by atoms with Crippen LogP contribution in [0.15, 0.2) is 64.0 Å². The Morgan fingerprint density at radius 2 is 1.94 bits per heavy atom. The maximum Gasteiger partial charge on any atom is 0.219 e. The van der Waals surface area contributed by atoms with Crippen molar-refractivity contribution in [1.82, 2.24) is 19.7 Å². The number of benzene rings is 1. The smallest absolute Gasteiger partial charge is 0.219 e.